The van der Waals surface area contributed by atoms with Gasteiger partial charge in [-0.2, -0.15) is 10.4 Å². The van der Waals surface area contributed by atoms with Crippen LogP contribution >= 0.6 is 11.8 Å². The van der Waals surface area contributed by atoms with Crippen molar-refractivity contribution >= 4 is 17.6 Å². The number of hydrogen-bond donors (Lipinski definition) is 1. The van der Waals surface area contributed by atoms with Crippen molar-refractivity contribution in [3.8, 4) is 6.07 Å². The van der Waals surface area contributed by atoms with Crippen LogP contribution in [-0.2, 0) is 5.54 Å². The number of rotatable bonds is 1. The highest BCUT2D eigenvalue weighted by Crippen LogP contribution is 2.28. The number of nitrogens with two attached hydrogens (primary N) is 1. The van der Waals surface area contributed by atoms with Crippen LogP contribution in [0.2, 0.25) is 0 Å². The van der Waals surface area contributed by atoms with Crippen molar-refractivity contribution in [1.29, 1.82) is 5.26 Å². The summed E-state index contributed by atoms with van der Waals surface area (Å²) in [6.45, 7) is 6.00. The molecule has 14 heavy (non-hydrogen) atoms. The molecule has 1 rings (SSSR count). The minimum Gasteiger partial charge on any atom is -0.383 e. The van der Waals surface area contributed by atoms with E-state index in [1.807, 2.05) is 27.0 Å². The Balaban J connectivity index is 3.37. The van der Waals surface area contributed by atoms with Gasteiger partial charge in [0.2, 0.25) is 0 Å². The maximum atomic E-state index is 8.91. The molecule has 5 heteroatoms. The van der Waals surface area contributed by atoms with Crippen molar-refractivity contribution < 1.29 is 0 Å². The van der Waals surface area contributed by atoms with Crippen LogP contribution in [0.15, 0.2) is 5.03 Å². The lowest BCUT2D eigenvalue weighted by molar-refractivity contribution is 0.356. The molecule has 0 fully saturated rings. The number of anilines is 1. The van der Waals surface area contributed by atoms with Crippen LogP contribution in [0.25, 0.3) is 0 Å². The summed E-state index contributed by atoms with van der Waals surface area (Å²) < 4.78 is 1.69. The molecule has 1 heterocycles. The Morgan fingerprint density at radius 3 is 2.36 bits per heavy atom. The lowest BCUT2D eigenvalue weighted by Gasteiger charge is -2.20. The highest BCUT2D eigenvalue weighted by Gasteiger charge is 2.22. The number of nitrogen functional groups attached to an aromatic ring is 1. The van der Waals surface area contributed by atoms with Crippen molar-refractivity contribution in [3.05, 3.63) is 5.56 Å². The van der Waals surface area contributed by atoms with Gasteiger partial charge in [-0.15, -0.1) is 11.8 Å². The fourth-order valence-electron chi connectivity index (χ4n) is 1.17. The second kappa shape index (κ2) is 3.54. The van der Waals surface area contributed by atoms with E-state index in [0.29, 0.717) is 16.4 Å². The quantitative estimate of drug-likeness (QED) is 0.718. The van der Waals surface area contributed by atoms with Gasteiger partial charge in [-0.1, -0.05) is 0 Å². The molecule has 0 atom stereocenters. The van der Waals surface area contributed by atoms with Crippen LogP contribution in [0.1, 0.15) is 26.3 Å². The largest absolute Gasteiger partial charge is 0.383 e. The lowest BCUT2D eigenvalue weighted by atomic mass is 10.1. The third kappa shape index (κ3) is 1.70. The van der Waals surface area contributed by atoms with Crippen LogP contribution in [-0.4, -0.2) is 16.0 Å². The standard InChI is InChI=1S/C9H14N4S/c1-9(2,3)13-7(11)6(5-10)8(12-13)14-4/h11H2,1-4H3. The topological polar surface area (TPSA) is 67.6 Å². The normalized spacial score (nSPS) is 11.4. The highest BCUT2D eigenvalue weighted by molar-refractivity contribution is 7.98. The average Bonchev–Trinajstić information content (AvgIpc) is 2.40. The minimum atomic E-state index is -0.191. The van der Waals surface area contributed by atoms with Gasteiger partial charge in [0.25, 0.3) is 0 Å². The number of aromatic nitrogens is 2. The smallest absolute Gasteiger partial charge is 0.141 e. The Morgan fingerprint density at radius 2 is 2.07 bits per heavy atom. The molecule has 0 aromatic carbocycles. The monoisotopic (exact) mass is 210 g/mol. The Kier molecular flexibility index (Phi) is 2.76. The van der Waals surface area contributed by atoms with Crippen molar-refractivity contribution in [2.75, 3.05) is 12.0 Å². The van der Waals surface area contributed by atoms with E-state index in [1.54, 1.807) is 4.68 Å². The van der Waals surface area contributed by atoms with Crippen molar-refractivity contribution in [2.45, 2.75) is 31.3 Å². The summed E-state index contributed by atoms with van der Waals surface area (Å²) in [5.41, 5.74) is 6.13. The fourth-order valence-corrected chi connectivity index (χ4v) is 1.69. The molecule has 76 valence electrons. The average molecular weight is 210 g/mol. The van der Waals surface area contributed by atoms with Crippen molar-refractivity contribution in [3.63, 3.8) is 0 Å². The summed E-state index contributed by atoms with van der Waals surface area (Å²) in [5, 5.41) is 13.9. The first-order chi connectivity index (χ1) is 6.41. The molecule has 4 nitrogen and oxygen atoms in total. The number of hydrogen-bond acceptors (Lipinski definition) is 4. The molecule has 0 spiro atoms. The molecule has 0 saturated heterocycles. The molecule has 1 aromatic heterocycles. The maximum Gasteiger partial charge on any atom is 0.141 e. The summed E-state index contributed by atoms with van der Waals surface area (Å²) in [4.78, 5) is 0. The van der Waals surface area contributed by atoms with Gasteiger partial charge in [0, 0.05) is 0 Å². The van der Waals surface area contributed by atoms with Gasteiger partial charge >= 0.3 is 0 Å². The van der Waals surface area contributed by atoms with E-state index in [1.165, 1.54) is 11.8 Å². The lowest BCUT2D eigenvalue weighted by Crippen LogP contribution is -2.24. The van der Waals surface area contributed by atoms with Gasteiger partial charge in [0.1, 0.15) is 22.5 Å². The predicted octanol–water partition coefficient (Wildman–Crippen LogP) is 1.81. The maximum absolute atomic E-state index is 8.91. The van der Waals surface area contributed by atoms with Crippen molar-refractivity contribution in [1.82, 2.24) is 9.78 Å². The van der Waals surface area contributed by atoms with Gasteiger partial charge < -0.3 is 5.73 Å². The second-order valence-electron chi connectivity index (χ2n) is 3.96. The summed E-state index contributed by atoms with van der Waals surface area (Å²) in [5.74, 6) is 0.448. The van der Waals surface area contributed by atoms with E-state index in [-0.39, 0.29) is 5.54 Å². The molecule has 0 saturated carbocycles. The van der Waals surface area contributed by atoms with E-state index in [2.05, 4.69) is 11.2 Å². The Hall–Kier alpha value is -1.15. The summed E-state index contributed by atoms with van der Waals surface area (Å²) >= 11 is 1.44. The van der Waals surface area contributed by atoms with Gasteiger partial charge in [0.15, 0.2) is 0 Å². The van der Waals surface area contributed by atoms with E-state index in [4.69, 9.17) is 11.0 Å². The first-order valence-corrected chi connectivity index (χ1v) is 5.47. The molecule has 0 aliphatic heterocycles. The fraction of sp³-hybridized carbons (Fsp3) is 0.556. The van der Waals surface area contributed by atoms with Crippen LogP contribution in [0.3, 0.4) is 0 Å². The molecular formula is C9H14N4S. The molecule has 0 aliphatic rings. The highest BCUT2D eigenvalue weighted by atomic mass is 32.2. The minimum absolute atomic E-state index is 0.191. The molecular weight excluding hydrogens is 196 g/mol. The summed E-state index contributed by atoms with van der Waals surface area (Å²) in [6, 6.07) is 2.08. The van der Waals surface area contributed by atoms with E-state index >= 15 is 0 Å². The first-order valence-electron chi connectivity index (χ1n) is 4.25. The number of nitrogens with zero attached hydrogens (tertiary/aromatic N) is 3. The van der Waals surface area contributed by atoms with E-state index in [9.17, 15) is 0 Å². The Labute approximate surface area is 88.1 Å². The number of thioether (sulfide) groups is 1. The Bertz CT molecular complexity index is 381. The van der Waals surface area contributed by atoms with Crippen molar-refractivity contribution in [2.24, 2.45) is 0 Å². The third-order valence-corrected chi connectivity index (χ3v) is 2.50. The van der Waals surface area contributed by atoms with Crippen LogP contribution in [0.5, 0.6) is 0 Å². The Morgan fingerprint density at radius 1 is 1.50 bits per heavy atom. The second-order valence-corrected chi connectivity index (χ2v) is 4.76. The zero-order chi connectivity index (χ0) is 10.9. The molecule has 0 unspecified atom stereocenters. The molecule has 2 N–H and O–H groups in total. The summed E-state index contributed by atoms with van der Waals surface area (Å²) in [7, 11) is 0. The first kappa shape index (κ1) is 10.9. The van der Waals surface area contributed by atoms with E-state index in [0.717, 1.165) is 0 Å². The van der Waals surface area contributed by atoms with Crippen LogP contribution in [0, 0.1) is 11.3 Å². The van der Waals surface area contributed by atoms with Gasteiger partial charge in [0.05, 0.1) is 5.54 Å². The van der Waals surface area contributed by atoms with Crippen LogP contribution in [0.4, 0.5) is 5.82 Å². The summed E-state index contributed by atoms with van der Waals surface area (Å²) in [6.07, 6.45) is 1.88. The van der Waals surface area contributed by atoms with Gasteiger partial charge in [-0.05, 0) is 27.0 Å². The van der Waals surface area contributed by atoms with E-state index < -0.39 is 0 Å². The molecule has 0 amide bonds. The SMILES string of the molecule is CSc1nn(C(C)(C)C)c(N)c1C#N. The predicted molar refractivity (Wildman–Crippen MR) is 58.1 cm³/mol. The zero-order valence-corrected chi connectivity index (χ0v) is 9.64. The molecule has 1 aromatic rings. The number of nitriles is 1. The zero-order valence-electron chi connectivity index (χ0n) is 8.83. The third-order valence-electron chi connectivity index (χ3n) is 1.83. The van der Waals surface area contributed by atoms with Gasteiger partial charge in [-0.3, -0.25) is 0 Å². The molecule has 0 bridgehead atoms. The molecule has 0 radical (unpaired) electrons. The molecule has 0 aliphatic carbocycles. The van der Waals surface area contributed by atoms with Gasteiger partial charge in [-0.25, -0.2) is 4.68 Å². The van der Waals surface area contributed by atoms with Crippen LogP contribution < -0.4 is 5.73 Å².